The molecule has 0 fully saturated rings. The third kappa shape index (κ3) is 2.35. The third-order valence-electron chi connectivity index (χ3n) is 3.04. The van der Waals surface area contributed by atoms with Crippen molar-refractivity contribution in [3.63, 3.8) is 0 Å². The van der Waals surface area contributed by atoms with Gasteiger partial charge in [-0.2, -0.15) is 0 Å². The number of nitrogens with one attached hydrogen (secondary N) is 1. The number of carbonyl (C=O) groups is 1. The molecule has 0 aliphatic heterocycles. The lowest BCUT2D eigenvalue weighted by molar-refractivity contribution is 0.102. The van der Waals surface area contributed by atoms with Crippen LogP contribution in [0.1, 0.15) is 21.5 Å². The first-order chi connectivity index (χ1) is 8.59. The lowest BCUT2D eigenvalue weighted by atomic mass is 10.1. The Morgan fingerprint density at radius 3 is 2.33 bits per heavy atom. The van der Waals surface area contributed by atoms with E-state index in [4.69, 9.17) is 0 Å². The lowest BCUT2D eigenvalue weighted by Gasteiger charge is -2.11. The van der Waals surface area contributed by atoms with Crippen LogP contribution in [0.4, 0.5) is 5.69 Å². The molecule has 0 aromatic heterocycles. The second-order valence-electron chi connectivity index (χ2n) is 4.20. The first-order valence-electron chi connectivity index (χ1n) is 5.75. The van der Waals surface area contributed by atoms with E-state index in [1.54, 1.807) is 24.3 Å². The molecule has 2 aromatic rings. The van der Waals surface area contributed by atoms with Crippen LogP contribution in [0.5, 0.6) is 5.75 Å². The predicted octanol–water partition coefficient (Wildman–Crippen LogP) is 3.26. The molecule has 0 saturated carbocycles. The molecular weight excluding hydrogens is 226 g/mol. The maximum atomic E-state index is 12.0. The summed E-state index contributed by atoms with van der Waals surface area (Å²) in [5.74, 6) is 0.0917. The van der Waals surface area contributed by atoms with E-state index in [-0.39, 0.29) is 11.7 Å². The average Bonchev–Trinajstić information content (AvgIpc) is 2.40. The molecule has 2 aromatic carbocycles. The van der Waals surface area contributed by atoms with Crippen molar-refractivity contribution in [2.75, 3.05) is 5.32 Å². The van der Waals surface area contributed by atoms with Crippen LogP contribution in [0.3, 0.4) is 0 Å². The molecule has 0 bridgehead atoms. The molecule has 3 heteroatoms. The van der Waals surface area contributed by atoms with Crippen LogP contribution in [-0.2, 0) is 0 Å². The first kappa shape index (κ1) is 12.2. The Hall–Kier alpha value is -2.29. The fraction of sp³-hybridized carbons (Fsp3) is 0.133. The molecule has 92 valence electrons. The van der Waals surface area contributed by atoms with Gasteiger partial charge in [-0.3, -0.25) is 4.79 Å². The molecule has 0 radical (unpaired) electrons. The van der Waals surface area contributed by atoms with E-state index in [1.165, 1.54) is 0 Å². The molecular formula is C15H15NO2. The van der Waals surface area contributed by atoms with Gasteiger partial charge in [-0.15, -0.1) is 0 Å². The van der Waals surface area contributed by atoms with Crippen LogP contribution in [0.2, 0.25) is 0 Å². The summed E-state index contributed by atoms with van der Waals surface area (Å²) in [7, 11) is 0. The molecule has 0 aliphatic rings. The molecule has 18 heavy (non-hydrogen) atoms. The normalized spacial score (nSPS) is 10.1. The van der Waals surface area contributed by atoms with Crippen LogP contribution >= 0.6 is 0 Å². The van der Waals surface area contributed by atoms with Crippen LogP contribution in [0.25, 0.3) is 0 Å². The van der Waals surface area contributed by atoms with Gasteiger partial charge in [-0.1, -0.05) is 18.2 Å². The highest BCUT2D eigenvalue weighted by Crippen LogP contribution is 2.26. The zero-order valence-electron chi connectivity index (χ0n) is 10.4. The summed E-state index contributed by atoms with van der Waals surface area (Å²) in [6.45, 7) is 3.69. The number of anilines is 1. The molecule has 1 amide bonds. The summed E-state index contributed by atoms with van der Waals surface area (Å²) in [4.78, 5) is 12.0. The van der Waals surface area contributed by atoms with E-state index in [0.717, 1.165) is 16.8 Å². The Bertz CT molecular complexity index is 577. The van der Waals surface area contributed by atoms with E-state index in [0.29, 0.717) is 5.56 Å². The van der Waals surface area contributed by atoms with E-state index in [1.807, 2.05) is 32.0 Å². The van der Waals surface area contributed by atoms with Crippen molar-refractivity contribution in [2.45, 2.75) is 13.8 Å². The van der Waals surface area contributed by atoms with Gasteiger partial charge in [-0.05, 0) is 49.2 Å². The van der Waals surface area contributed by atoms with Gasteiger partial charge in [-0.25, -0.2) is 0 Å². The number of phenols is 1. The molecule has 0 aliphatic carbocycles. The van der Waals surface area contributed by atoms with Gasteiger partial charge in [0.15, 0.2) is 0 Å². The van der Waals surface area contributed by atoms with Crippen molar-refractivity contribution in [2.24, 2.45) is 0 Å². The Kier molecular flexibility index (Phi) is 3.33. The summed E-state index contributed by atoms with van der Waals surface area (Å²) in [5.41, 5.74) is 2.99. The number of hydrogen-bond donors (Lipinski definition) is 2. The SMILES string of the molecule is Cc1c(O)ccc(NC(=O)c2ccccc2)c1C. The number of phenolic OH excluding ortho intramolecular Hbond substituents is 1. The molecule has 2 N–H and O–H groups in total. The highest BCUT2D eigenvalue weighted by atomic mass is 16.3. The highest BCUT2D eigenvalue weighted by molar-refractivity contribution is 6.04. The molecule has 2 rings (SSSR count). The van der Waals surface area contributed by atoms with Crippen LogP contribution in [0, 0.1) is 13.8 Å². The molecule has 3 nitrogen and oxygen atoms in total. The van der Waals surface area contributed by atoms with E-state index >= 15 is 0 Å². The predicted molar refractivity (Wildman–Crippen MR) is 72.0 cm³/mol. The summed E-state index contributed by atoms with van der Waals surface area (Å²) in [6, 6.07) is 12.3. The number of carbonyl (C=O) groups excluding carboxylic acids is 1. The largest absolute Gasteiger partial charge is 0.508 e. The van der Waals surface area contributed by atoms with E-state index in [9.17, 15) is 9.90 Å². The standard InChI is InChI=1S/C15H15NO2/c1-10-11(2)14(17)9-8-13(10)16-15(18)12-6-4-3-5-7-12/h3-9,17H,1-2H3,(H,16,18). The van der Waals surface area contributed by atoms with Crippen molar-refractivity contribution < 1.29 is 9.90 Å². The van der Waals surface area contributed by atoms with Gasteiger partial charge in [0.05, 0.1) is 0 Å². The maximum absolute atomic E-state index is 12.0. The monoisotopic (exact) mass is 241 g/mol. The minimum absolute atomic E-state index is 0.149. The first-order valence-corrected chi connectivity index (χ1v) is 5.75. The molecule has 0 unspecified atom stereocenters. The maximum Gasteiger partial charge on any atom is 0.255 e. The Morgan fingerprint density at radius 2 is 1.67 bits per heavy atom. The summed E-state index contributed by atoms with van der Waals surface area (Å²) in [5, 5.41) is 12.4. The minimum atomic E-state index is -0.149. The third-order valence-corrected chi connectivity index (χ3v) is 3.04. The quantitative estimate of drug-likeness (QED) is 0.793. The van der Waals surface area contributed by atoms with Crippen molar-refractivity contribution in [1.29, 1.82) is 0 Å². The summed E-state index contributed by atoms with van der Waals surface area (Å²) in [6.07, 6.45) is 0. The van der Waals surface area contributed by atoms with Crippen molar-refractivity contribution >= 4 is 11.6 Å². The van der Waals surface area contributed by atoms with Crippen molar-refractivity contribution in [3.05, 3.63) is 59.2 Å². The second-order valence-corrected chi connectivity index (χ2v) is 4.20. The van der Waals surface area contributed by atoms with Crippen molar-refractivity contribution in [3.8, 4) is 5.75 Å². The van der Waals surface area contributed by atoms with Gasteiger partial charge in [0, 0.05) is 11.3 Å². The van der Waals surface area contributed by atoms with Gasteiger partial charge in [0.25, 0.3) is 5.91 Å². The topological polar surface area (TPSA) is 49.3 Å². The average molecular weight is 241 g/mol. The number of benzene rings is 2. The van der Waals surface area contributed by atoms with Crippen molar-refractivity contribution in [1.82, 2.24) is 0 Å². The molecule has 0 heterocycles. The van der Waals surface area contributed by atoms with Crippen LogP contribution in [0.15, 0.2) is 42.5 Å². The smallest absolute Gasteiger partial charge is 0.255 e. The number of hydrogen-bond acceptors (Lipinski definition) is 2. The van der Waals surface area contributed by atoms with Crippen LogP contribution in [-0.4, -0.2) is 11.0 Å². The zero-order chi connectivity index (χ0) is 13.1. The number of amides is 1. The second kappa shape index (κ2) is 4.92. The minimum Gasteiger partial charge on any atom is -0.508 e. The molecule has 0 spiro atoms. The highest BCUT2D eigenvalue weighted by Gasteiger charge is 2.09. The summed E-state index contributed by atoms with van der Waals surface area (Å²) >= 11 is 0. The lowest BCUT2D eigenvalue weighted by Crippen LogP contribution is -2.12. The van der Waals surface area contributed by atoms with E-state index in [2.05, 4.69) is 5.32 Å². The number of rotatable bonds is 2. The molecule has 0 atom stereocenters. The van der Waals surface area contributed by atoms with Gasteiger partial charge < -0.3 is 10.4 Å². The molecule has 0 saturated heterocycles. The zero-order valence-corrected chi connectivity index (χ0v) is 10.4. The van der Waals surface area contributed by atoms with Gasteiger partial charge in [0.2, 0.25) is 0 Å². The van der Waals surface area contributed by atoms with Gasteiger partial charge >= 0.3 is 0 Å². The Morgan fingerprint density at radius 1 is 1.00 bits per heavy atom. The Balaban J connectivity index is 2.26. The van der Waals surface area contributed by atoms with Gasteiger partial charge in [0.1, 0.15) is 5.75 Å². The fourth-order valence-electron chi connectivity index (χ4n) is 1.73. The van der Waals surface area contributed by atoms with E-state index < -0.39 is 0 Å². The number of aromatic hydroxyl groups is 1. The fourth-order valence-corrected chi connectivity index (χ4v) is 1.73. The van der Waals surface area contributed by atoms with Crippen LogP contribution < -0.4 is 5.32 Å². The summed E-state index contributed by atoms with van der Waals surface area (Å²) < 4.78 is 0. The Labute approximate surface area is 106 Å².